The number of aliphatic imine (C=N–C) groups is 1. The molecule has 204 valence electrons. The Balaban J connectivity index is 1.37. The van der Waals surface area contributed by atoms with Crippen LogP contribution in [0.3, 0.4) is 0 Å². The summed E-state index contributed by atoms with van der Waals surface area (Å²) < 4.78 is 81.4. The average Bonchev–Trinajstić information content (AvgIpc) is 3.18. The van der Waals surface area contributed by atoms with Crippen molar-refractivity contribution in [1.82, 2.24) is 9.80 Å². The topological polar surface area (TPSA) is 91.3 Å². The maximum absolute atomic E-state index is 14.5. The Morgan fingerprint density at radius 3 is 2.46 bits per heavy atom. The number of rotatable bonds is 7. The first-order valence-corrected chi connectivity index (χ1v) is 14.1. The van der Waals surface area contributed by atoms with Gasteiger partial charge in [0.1, 0.15) is 30.7 Å². The number of alkyl halides is 3. The molecule has 1 aromatic rings. The first-order chi connectivity index (χ1) is 17.4. The molecule has 0 saturated carbocycles. The third-order valence-electron chi connectivity index (χ3n) is 6.88. The molecule has 1 amide bonds. The molecule has 2 fully saturated rings. The second-order valence-electron chi connectivity index (χ2n) is 9.52. The van der Waals surface area contributed by atoms with E-state index >= 15 is 0 Å². The summed E-state index contributed by atoms with van der Waals surface area (Å²) >= 11 is 0. The Morgan fingerprint density at radius 2 is 1.86 bits per heavy atom. The summed E-state index contributed by atoms with van der Waals surface area (Å²) in [5.41, 5.74) is 0.906. The molecule has 1 aromatic carbocycles. The highest BCUT2D eigenvalue weighted by molar-refractivity contribution is 7.90. The van der Waals surface area contributed by atoms with Gasteiger partial charge in [-0.15, -0.1) is 0 Å². The largest absolute Gasteiger partial charge is 0.476 e. The van der Waals surface area contributed by atoms with Gasteiger partial charge in [-0.05, 0) is 43.9 Å². The van der Waals surface area contributed by atoms with Crippen LogP contribution in [0, 0.1) is 5.82 Å². The predicted molar refractivity (Wildman–Crippen MR) is 129 cm³/mol. The molecule has 3 aliphatic heterocycles. The van der Waals surface area contributed by atoms with Crippen molar-refractivity contribution in [3.8, 4) is 0 Å². The molecular weight excluding hydrogens is 516 g/mol. The van der Waals surface area contributed by atoms with Gasteiger partial charge in [-0.25, -0.2) is 12.8 Å². The Hall–Kier alpha value is -2.83. The van der Waals surface area contributed by atoms with E-state index in [1.54, 1.807) is 4.90 Å². The van der Waals surface area contributed by atoms with Crippen LogP contribution < -0.4 is 5.32 Å². The minimum atomic E-state index is -4.40. The fraction of sp³-hybridized carbons (Fsp3) is 0.583. The van der Waals surface area contributed by atoms with E-state index in [1.165, 1.54) is 12.1 Å². The minimum absolute atomic E-state index is 0.0443. The van der Waals surface area contributed by atoms with Crippen LogP contribution in [0.4, 0.5) is 23.2 Å². The number of carbonyl (C=O) groups excluding carboxylic acids is 1. The number of ether oxygens (including phenoxy) is 1. The van der Waals surface area contributed by atoms with Crippen molar-refractivity contribution < 1.29 is 35.5 Å². The average molecular weight is 547 g/mol. The number of likely N-dealkylation sites (tertiary alicyclic amines) is 2. The number of piperidine rings is 1. The summed E-state index contributed by atoms with van der Waals surface area (Å²) in [5, 5.41) is 2.90. The summed E-state index contributed by atoms with van der Waals surface area (Å²) in [6, 6.07) is 2.88. The Labute approximate surface area is 213 Å². The summed E-state index contributed by atoms with van der Waals surface area (Å²) in [4.78, 5) is 20.9. The number of carbonyl (C=O) groups is 1. The Kier molecular flexibility index (Phi) is 7.72. The molecule has 37 heavy (non-hydrogen) atoms. The fourth-order valence-electron chi connectivity index (χ4n) is 4.90. The molecule has 1 N–H and O–H groups in total. The van der Waals surface area contributed by atoms with E-state index in [1.807, 2.05) is 11.8 Å². The molecule has 8 nitrogen and oxygen atoms in total. The second kappa shape index (κ2) is 10.5. The summed E-state index contributed by atoms with van der Waals surface area (Å²) in [5.74, 6) is -0.700. The van der Waals surface area contributed by atoms with E-state index in [2.05, 4.69) is 10.3 Å². The normalized spacial score (nSPS) is 21.8. The van der Waals surface area contributed by atoms with Gasteiger partial charge in [-0.3, -0.25) is 4.79 Å². The zero-order valence-electron chi connectivity index (χ0n) is 20.6. The fourth-order valence-corrected chi connectivity index (χ4v) is 5.53. The highest BCUT2D eigenvalue weighted by Crippen LogP contribution is 2.31. The van der Waals surface area contributed by atoms with Crippen molar-refractivity contribution >= 4 is 27.3 Å². The van der Waals surface area contributed by atoms with Gasteiger partial charge < -0.3 is 19.9 Å². The van der Waals surface area contributed by atoms with E-state index in [0.717, 1.165) is 17.9 Å². The summed E-state index contributed by atoms with van der Waals surface area (Å²) in [7, 11) is -3.55. The van der Waals surface area contributed by atoms with Gasteiger partial charge in [0.15, 0.2) is 15.7 Å². The van der Waals surface area contributed by atoms with Crippen molar-refractivity contribution in [2.24, 2.45) is 4.99 Å². The van der Waals surface area contributed by atoms with Crippen LogP contribution in [-0.4, -0.2) is 80.8 Å². The molecule has 0 radical (unpaired) electrons. The Bertz CT molecular complexity index is 1210. The van der Waals surface area contributed by atoms with Gasteiger partial charge in [-0.2, -0.15) is 18.2 Å². The van der Waals surface area contributed by atoms with Gasteiger partial charge >= 0.3 is 6.18 Å². The van der Waals surface area contributed by atoms with Crippen LogP contribution in [0.5, 0.6) is 0 Å². The first kappa shape index (κ1) is 27.2. The molecule has 13 heteroatoms. The van der Waals surface area contributed by atoms with Crippen LogP contribution in [0.1, 0.15) is 39.0 Å². The number of hydrogen-bond acceptors (Lipinski definition) is 7. The van der Waals surface area contributed by atoms with Crippen LogP contribution in [0.15, 0.2) is 39.5 Å². The molecule has 3 aliphatic rings. The van der Waals surface area contributed by atoms with E-state index in [9.17, 15) is 30.8 Å². The van der Waals surface area contributed by atoms with Crippen molar-refractivity contribution in [3.05, 3.63) is 35.4 Å². The summed E-state index contributed by atoms with van der Waals surface area (Å²) in [6.45, 7) is 3.56. The van der Waals surface area contributed by atoms with Gasteiger partial charge in [-0.1, -0.05) is 6.92 Å². The highest BCUT2D eigenvalue weighted by atomic mass is 32.2. The molecular formula is C24H30F4N4O4S. The number of hydrogen-bond donors (Lipinski definition) is 1. The Morgan fingerprint density at radius 1 is 1.16 bits per heavy atom. The monoisotopic (exact) mass is 546 g/mol. The smallest absolute Gasteiger partial charge is 0.397 e. The lowest BCUT2D eigenvalue weighted by Gasteiger charge is -2.39. The number of halogens is 4. The maximum atomic E-state index is 14.5. The van der Waals surface area contributed by atoms with Crippen LogP contribution in [-0.2, 0) is 19.4 Å². The SMILES string of the molecule is CCC1=C(N2CCC(N3CCC(Nc4ccc(S(C)(=O)=O)cc4F)C3=O)CC2)N=C(CC(F)(F)F)OC1. The zero-order chi connectivity index (χ0) is 27.0. The molecule has 0 spiro atoms. The van der Waals surface area contributed by atoms with Crippen molar-refractivity contribution in [3.63, 3.8) is 0 Å². The third-order valence-corrected chi connectivity index (χ3v) is 7.99. The van der Waals surface area contributed by atoms with E-state index in [0.29, 0.717) is 51.1 Å². The number of anilines is 1. The molecule has 1 atom stereocenters. The minimum Gasteiger partial charge on any atom is -0.476 e. The maximum Gasteiger partial charge on any atom is 0.397 e. The number of nitrogens with zero attached hydrogens (tertiary/aromatic N) is 3. The van der Waals surface area contributed by atoms with Crippen LogP contribution >= 0.6 is 0 Å². The molecule has 3 heterocycles. The quantitative estimate of drug-likeness (QED) is 0.525. The van der Waals surface area contributed by atoms with Crippen molar-refractivity contribution in [1.29, 1.82) is 0 Å². The molecule has 1 unspecified atom stereocenters. The standard InChI is InChI=1S/C24H30F4N4O4S/c1-3-15-14-36-21(13-24(26,27)28)30-22(15)31-9-6-16(7-10-31)32-11-8-20(23(32)33)29-19-5-4-17(12-18(19)25)37(2,34)35/h4-5,12,16,20,29H,3,6-11,13-14H2,1-2H3. The lowest BCUT2D eigenvalue weighted by molar-refractivity contribution is -0.131. The van der Waals surface area contributed by atoms with Gasteiger partial charge in [0, 0.05) is 37.5 Å². The van der Waals surface area contributed by atoms with E-state index < -0.39 is 34.3 Å². The number of amides is 1. The summed E-state index contributed by atoms with van der Waals surface area (Å²) in [6.07, 6.45) is -2.29. The molecule has 4 rings (SSSR count). The van der Waals surface area contributed by atoms with Gasteiger partial charge in [0.2, 0.25) is 5.91 Å². The van der Waals surface area contributed by atoms with E-state index in [-0.39, 0.29) is 35.0 Å². The number of sulfone groups is 1. The second-order valence-corrected chi connectivity index (χ2v) is 11.5. The predicted octanol–water partition coefficient (Wildman–Crippen LogP) is 3.71. The number of benzene rings is 1. The lowest BCUT2D eigenvalue weighted by Crippen LogP contribution is -2.47. The molecule has 0 aliphatic carbocycles. The molecule has 0 aromatic heterocycles. The van der Waals surface area contributed by atoms with Gasteiger partial charge in [0.25, 0.3) is 0 Å². The van der Waals surface area contributed by atoms with Crippen LogP contribution in [0.25, 0.3) is 0 Å². The zero-order valence-corrected chi connectivity index (χ0v) is 21.5. The van der Waals surface area contributed by atoms with Crippen molar-refractivity contribution in [2.45, 2.75) is 62.2 Å². The lowest BCUT2D eigenvalue weighted by atomic mass is 10.0. The third kappa shape index (κ3) is 6.36. The highest BCUT2D eigenvalue weighted by Gasteiger charge is 2.38. The van der Waals surface area contributed by atoms with Crippen molar-refractivity contribution in [2.75, 3.05) is 37.8 Å². The molecule has 2 saturated heterocycles. The molecule has 0 bridgehead atoms. The first-order valence-electron chi connectivity index (χ1n) is 12.2. The van der Waals surface area contributed by atoms with Gasteiger partial charge in [0.05, 0.1) is 10.6 Å². The van der Waals surface area contributed by atoms with Crippen LogP contribution in [0.2, 0.25) is 0 Å². The van der Waals surface area contributed by atoms with E-state index in [4.69, 9.17) is 4.74 Å². The number of nitrogens with one attached hydrogen (secondary N) is 1.